The van der Waals surface area contributed by atoms with Crippen LogP contribution in [0.5, 0.6) is 0 Å². The van der Waals surface area contributed by atoms with E-state index in [0.717, 1.165) is 34.5 Å². The molecule has 1 atom stereocenters. The van der Waals surface area contributed by atoms with Crippen LogP contribution in [0.1, 0.15) is 42.5 Å². The third-order valence-electron chi connectivity index (χ3n) is 13.8. The highest BCUT2D eigenvalue weighted by Gasteiger charge is 2.28. The quantitative estimate of drug-likeness (QED) is 0.173. The van der Waals surface area contributed by atoms with Gasteiger partial charge in [-0.3, -0.25) is 0 Å². The van der Waals surface area contributed by atoms with Crippen LogP contribution < -0.4 is 9.80 Å². The maximum absolute atomic E-state index is 4.05. The summed E-state index contributed by atoms with van der Waals surface area (Å²) in [5.74, 6) is 0.443. The predicted octanol–water partition coefficient (Wildman–Crippen LogP) is 16.8. The van der Waals surface area contributed by atoms with Crippen LogP contribution in [0.15, 0.2) is 181 Å². The number of aromatic nitrogens is 2. The Bertz CT molecular complexity index is 3690. The first kappa shape index (κ1) is 38.1. The Kier molecular flexibility index (Phi) is 8.64. The molecule has 12 rings (SSSR count). The first-order valence-corrected chi connectivity index (χ1v) is 22.7. The number of anilines is 5. The topological polar surface area (TPSA) is 26.7 Å². The van der Waals surface area contributed by atoms with Gasteiger partial charge in [0.2, 0.25) is 0 Å². The lowest BCUT2D eigenvalue weighted by Crippen LogP contribution is -2.21. The largest absolute Gasteiger partial charge is 0.354 e. The van der Waals surface area contributed by atoms with Gasteiger partial charge in [-0.15, -0.1) is 0 Å². The molecule has 8 aromatic carbocycles. The van der Waals surface area contributed by atoms with Crippen LogP contribution in [0.25, 0.3) is 71.0 Å². The molecule has 1 unspecified atom stereocenters. The Balaban J connectivity index is 1.14. The van der Waals surface area contributed by atoms with Gasteiger partial charge in [-0.1, -0.05) is 127 Å². The number of allylic oxidation sites excluding steroid dienone is 3. The molecule has 0 fully saturated rings. The molecule has 0 amide bonds. The number of aromatic amines is 1. The zero-order valence-electron chi connectivity index (χ0n) is 37.3. The Morgan fingerprint density at radius 3 is 1.97 bits per heavy atom. The lowest BCUT2D eigenvalue weighted by atomic mass is 9.93. The fraction of sp³-hybridized carbons (Fsp3) is 0.133. The van der Waals surface area contributed by atoms with E-state index in [4.69, 9.17) is 0 Å². The molecule has 0 saturated heterocycles. The molecule has 4 nitrogen and oxygen atoms in total. The molecule has 0 saturated carbocycles. The third-order valence-corrected chi connectivity index (χ3v) is 13.8. The molecule has 3 heterocycles. The summed E-state index contributed by atoms with van der Waals surface area (Å²) in [7, 11) is 0. The average molecular weight is 827 g/mol. The van der Waals surface area contributed by atoms with Crippen LogP contribution in [0.4, 0.5) is 28.4 Å². The molecule has 310 valence electrons. The number of nitrogens with zero attached hydrogens (tertiary/aromatic N) is 3. The Morgan fingerprint density at radius 1 is 0.531 bits per heavy atom. The number of hydrogen-bond acceptors (Lipinski definition) is 2. The van der Waals surface area contributed by atoms with E-state index >= 15 is 0 Å². The Morgan fingerprint density at radius 2 is 1.20 bits per heavy atom. The Labute approximate surface area is 374 Å². The van der Waals surface area contributed by atoms with E-state index in [1.54, 1.807) is 0 Å². The number of H-pyrrole nitrogens is 1. The highest BCUT2D eigenvalue weighted by molar-refractivity contribution is 6.29. The van der Waals surface area contributed by atoms with Crippen LogP contribution in [0, 0.1) is 33.6 Å². The van der Waals surface area contributed by atoms with E-state index in [1.807, 2.05) is 0 Å². The van der Waals surface area contributed by atoms with Crippen molar-refractivity contribution >= 4 is 88.3 Å². The summed E-state index contributed by atoms with van der Waals surface area (Å²) in [4.78, 5) is 9.02. The number of para-hydroxylation sites is 1. The molecular weight excluding hydrogens is 777 g/mol. The SMILES string of the molecule is CC1=CCC(C)C=C1N(c1ccc(C)cc1)c1ccc2c([nH]c3cc4c5ccc(N(c6ccc(C)cc6)c6cc(C)ccc6C)c6c7ccccc7n(c4cc32)c56)c1-c1ccccc1. The molecule has 0 aliphatic heterocycles. The van der Waals surface area contributed by atoms with Gasteiger partial charge in [0.25, 0.3) is 0 Å². The van der Waals surface area contributed by atoms with Crippen molar-refractivity contribution in [2.45, 2.75) is 48.0 Å². The molecule has 11 aromatic rings. The van der Waals surface area contributed by atoms with Crippen molar-refractivity contribution in [3.05, 3.63) is 203 Å². The highest BCUT2D eigenvalue weighted by Crippen LogP contribution is 2.50. The summed E-state index contributed by atoms with van der Waals surface area (Å²) in [6, 6.07) is 58.9. The van der Waals surface area contributed by atoms with Gasteiger partial charge in [0.1, 0.15) is 0 Å². The maximum atomic E-state index is 4.05. The van der Waals surface area contributed by atoms with Gasteiger partial charge in [0, 0.05) is 66.2 Å². The van der Waals surface area contributed by atoms with Crippen molar-refractivity contribution in [3.8, 4) is 11.1 Å². The summed E-state index contributed by atoms with van der Waals surface area (Å²) >= 11 is 0. The van der Waals surface area contributed by atoms with Gasteiger partial charge in [-0.05, 0) is 130 Å². The second-order valence-corrected chi connectivity index (χ2v) is 18.3. The molecule has 1 aliphatic carbocycles. The lowest BCUT2D eigenvalue weighted by molar-refractivity contribution is 0.718. The van der Waals surface area contributed by atoms with Crippen LogP contribution in [0.2, 0.25) is 0 Å². The number of benzene rings is 8. The van der Waals surface area contributed by atoms with E-state index in [-0.39, 0.29) is 0 Å². The summed E-state index contributed by atoms with van der Waals surface area (Å²) < 4.78 is 2.53. The van der Waals surface area contributed by atoms with Crippen molar-refractivity contribution in [2.75, 3.05) is 9.80 Å². The molecule has 3 aromatic heterocycles. The van der Waals surface area contributed by atoms with E-state index in [1.165, 1.54) is 105 Å². The van der Waals surface area contributed by atoms with E-state index in [2.05, 4.69) is 231 Å². The highest BCUT2D eigenvalue weighted by atomic mass is 15.2. The monoisotopic (exact) mass is 826 g/mol. The van der Waals surface area contributed by atoms with Crippen molar-refractivity contribution in [1.29, 1.82) is 0 Å². The molecule has 0 spiro atoms. The standard InChI is InChI=1S/C60H50N4/c1-36-18-24-43(25-19-36)62(54-32-38(3)16-22-40(54)5)52-30-28-45-48-35-56-49(34-50(48)61-59(45)57(52)42-12-8-7-9-13-42)46-29-31-53(58-47-14-10-11-15-51(47)64(56)60(46)58)63(44-26-20-37(2)21-27-44)55-33-39(4)17-23-41(55)6/h7-15,17-35,38,61H,16H2,1-6H3. The zero-order chi connectivity index (χ0) is 43.4. The molecule has 4 heteroatoms. The number of fused-ring (bicyclic) bond motifs is 9. The molecule has 0 bridgehead atoms. The average Bonchev–Trinajstić information content (AvgIpc) is 3.96. The van der Waals surface area contributed by atoms with Gasteiger partial charge < -0.3 is 19.2 Å². The van der Waals surface area contributed by atoms with E-state index < -0.39 is 0 Å². The number of nitrogens with one attached hydrogen (secondary N) is 1. The zero-order valence-corrected chi connectivity index (χ0v) is 37.3. The summed E-state index contributed by atoms with van der Waals surface area (Å²) in [6.07, 6.45) is 5.91. The number of rotatable bonds is 7. The minimum atomic E-state index is 0.443. The number of hydrogen-bond donors (Lipinski definition) is 1. The van der Waals surface area contributed by atoms with Gasteiger partial charge in [0.15, 0.2) is 0 Å². The fourth-order valence-corrected chi connectivity index (χ4v) is 10.6. The first-order valence-electron chi connectivity index (χ1n) is 22.7. The second kappa shape index (κ2) is 14.5. The third kappa shape index (κ3) is 5.82. The van der Waals surface area contributed by atoms with Gasteiger partial charge >= 0.3 is 0 Å². The van der Waals surface area contributed by atoms with Crippen molar-refractivity contribution in [1.82, 2.24) is 9.38 Å². The summed E-state index contributed by atoms with van der Waals surface area (Å²) in [6.45, 7) is 13.3. The van der Waals surface area contributed by atoms with Crippen molar-refractivity contribution < 1.29 is 0 Å². The fourth-order valence-electron chi connectivity index (χ4n) is 10.6. The van der Waals surface area contributed by atoms with Crippen LogP contribution in [-0.2, 0) is 0 Å². The molecule has 1 aliphatic rings. The van der Waals surface area contributed by atoms with Crippen LogP contribution in [0.3, 0.4) is 0 Å². The maximum Gasteiger partial charge on any atom is 0.0641 e. The summed E-state index contributed by atoms with van der Waals surface area (Å²) in [5.41, 5.74) is 21.7. The van der Waals surface area contributed by atoms with Crippen molar-refractivity contribution in [3.63, 3.8) is 0 Å². The number of aryl methyl sites for hydroxylation is 4. The summed E-state index contributed by atoms with van der Waals surface area (Å²) in [5, 5.41) is 7.45. The van der Waals surface area contributed by atoms with E-state index in [0.29, 0.717) is 5.92 Å². The molecule has 64 heavy (non-hydrogen) atoms. The van der Waals surface area contributed by atoms with E-state index in [9.17, 15) is 0 Å². The predicted molar refractivity (Wildman–Crippen MR) is 274 cm³/mol. The normalized spacial score (nSPS) is 14.4. The molecule has 0 radical (unpaired) electrons. The minimum absolute atomic E-state index is 0.443. The first-order chi connectivity index (χ1) is 31.2. The second-order valence-electron chi connectivity index (χ2n) is 18.3. The van der Waals surface area contributed by atoms with Crippen molar-refractivity contribution in [2.24, 2.45) is 5.92 Å². The Hall–Kier alpha value is -7.56. The molecular formula is C60H50N4. The minimum Gasteiger partial charge on any atom is -0.354 e. The smallest absolute Gasteiger partial charge is 0.0641 e. The van der Waals surface area contributed by atoms with Crippen LogP contribution >= 0.6 is 0 Å². The lowest BCUT2D eigenvalue weighted by Gasteiger charge is -2.33. The van der Waals surface area contributed by atoms with Gasteiger partial charge in [-0.25, -0.2) is 0 Å². The van der Waals surface area contributed by atoms with Crippen LogP contribution in [-0.4, -0.2) is 9.38 Å². The van der Waals surface area contributed by atoms with Gasteiger partial charge in [-0.2, -0.15) is 0 Å². The molecule has 1 N–H and O–H groups in total. The van der Waals surface area contributed by atoms with Gasteiger partial charge in [0.05, 0.1) is 33.4 Å².